The first-order valence-electron chi connectivity index (χ1n) is 21.7. The first kappa shape index (κ1) is 18.6. The minimum absolute atomic E-state index is 0.121. The first-order chi connectivity index (χ1) is 29.8. The van der Waals surface area contributed by atoms with Crippen molar-refractivity contribution < 1.29 is 20.9 Å². The Morgan fingerprint density at radius 2 is 1.12 bits per heavy atom. The number of hydrogen-bond acceptors (Lipinski definition) is 4. The molecular weight excluding hydrogens is 613 g/mol. The third kappa shape index (κ3) is 4.60. The maximum atomic E-state index is 9.78. The van der Waals surface area contributed by atoms with Crippen molar-refractivity contribution in [3.8, 4) is 51.0 Å². The Labute approximate surface area is 304 Å². The Hall–Kier alpha value is -6.85. The minimum Gasteiger partial charge on any atom is -0.455 e. The van der Waals surface area contributed by atoms with Crippen molar-refractivity contribution in [1.82, 2.24) is 19.5 Å². The van der Waals surface area contributed by atoms with Crippen LogP contribution >= 0.6 is 0 Å². The molecule has 0 spiro atoms. The molecule has 0 bridgehead atoms. The van der Waals surface area contributed by atoms with Gasteiger partial charge in [0, 0.05) is 38.4 Å². The number of nitrogens with zero attached hydrogens (tertiary/aromatic N) is 4. The lowest BCUT2D eigenvalue weighted by molar-refractivity contribution is 0.669. The zero-order valence-electron chi connectivity index (χ0n) is 37.9. The fourth-order valence-corrected chi connectivity index (χ4v) is 6.31. The SMILES string of the molecule is [2H]c1c([2H])c([2H])c(-n2c3c([2H])c([2H])c([2H])c([2H])c3c3c([2H])c(-c4nc(-c5ccc(-c6ccccc6)cc5)nc(-c5cccc6c5oc5ccccc56)n4)c([2H])c([2H])c32)c([2H])c1[2H]. The predicted octanol–water partition coefficient (Wildman–Crippen LogP) is 11.5. The quantitative estimate of drug-likeness (QED) is 0.186. The van der Waals surface area contributed by atoms with E-state index in [1.165, 1.54) is 0 Å². The number of rotatable bonds is 5. The van der Waals surface area contributed by atoms with Crippen molar-refractivity contribution in [2.24, 2.45) is 0 Å². The van der Waals surface area contributed by atoms with Crippen molar-refractivity contribution in [3.05, 3.63) is 170 Å². The summed E-state index contributed by atoms with van der Waals surface area (Å²) in [6, 6.07) is 22.5. The van der Waals surface area contributed by atoms with Crippen molar-refractivity contribution in [2.75, 3.05) is 0 Å². The summed E-state index contributed by atoms with van der Waals surface area (Å²) in [7, 11) is 0. The summed E-state index contributed by atoms with van der Waals surface area (Å²) in [5, 5.41) is 1.17. The second-order valence-corrected chi connectivity index (χ2v) is 11.5. The number of fused-ring (bicyclic) bond motifs is 6. The van der Waals surface area contributed by atoms with Crippen LogP contribution in [0.25, 0.3) is 94.7 Å². The van der Waals surface area contributed by atoms with E-state index in [4.69, 9.17) is 31.7 Å². The summed E-state index contributed by atoms with van der Waals surface area (Å²) in [5.74, 6) is 0.0857. The average Bonchev–Trinajstić information content (AvgIpc) is 3.86. The molecule has 0 aliphatic heterocycles. The highest BCUT2D eigenvalue weighted by molar-refractivity contribution is 6.11. The second-order valence-electron chi connectivity index (χ2n) is 11.5. The van der Waals surface area contributed by atoms with Crippen LogP contribution in [0.2, 0.25) is 0 Å². The van der Waals surface area contributed by atoms with Gasteiger partial charge >= 0.3 is 0 Å². The van der Waals surface area contributed by atoms with E-state index in [9.17, 15) is 4.11 Å². The van der Waals surface area contributed by atoms with Crippen LogP contribution in [0.3, 0.4) is 0 Å². The topological polar surface area (TPSA) is 56.7 Å². The van der Waals surface area contributed by atoms with E-state index < -0.39 is 78.2 Å². The van der Waals surface area contributed by atoms with Gasteiger partial charge in [-0.3, -0.25) is 0 Å². The molecule has 0 N–H and O–H groups in total. The van der Waals surface area contributed by atoms with E-state index in [-0.39, 0.29) is 44.8 Å². The van der Waals surface area contributed by atoms with Crippen molar-refractivity contribution >= 4 is 43.7 Å². The minimum atomic E-state index is -0.723. The highest BCUT2D eigenvalue weighted by atomic mass is 16.3. The van der Waals surface area contributed by atoms with Crippen LogP contribution in [-0.2, 0) is 0 Å². The third-order valence-electron chi connectivity index (χ3n) is 8.62. The Balaban J connectivity index is 1.31. The molecule has 10 aromatic rings. The number of benzene rings is 7. The van der Waals surface area contributed by atoms with Gasteiger partial charge in [0.1, 0.15) is 11.2 Å². The van der Waals surface area contributed by atoms with Crippen LogP contribution in [0, 0.1) is 0 Å². The molecule has 0 aliphatic rings. The van der Waals surface area contributed by atoms with Gasteiger partial charge in [0.2, 0.25) is 0 Å². The van der Waals surface area contributed by atoms with E-state index in [1.807, 2.05) is 91.0 Å². The Morgan fingerprint density at radius 3 is 1.98 bits per heavy atom. The molecule has 50 heavy (non-hydrogen) atoms. The molecular formula is C45H28N4O. The van der Waals surface area contributed by atoms with Crippen molar-refractivity contribution in [1.29, 1.82) is 0 Å². The average molecular weight is 653 g/mol. The van der Waals surface area contributed by atoms with E-state index in [2.05, 4.69) is 0 Å². The van der Waals surface area contributed by atoms with Gasteiger partial charge in [-0.1, -0.05) is 121 Å². The largest absolute Gasteiger partial charge is 0.455 e. The van der Waals surface area contributed by atoms with E-state index in [1.54, 1.807) is 6.07 Å². The molecule has 0 fully saturated rings. The molecule has 3 aromatic heterocycles. The standard InChI is InChI=1S/C45H28N4O/c1-3-12-29(13-4-1)30-22-24-31(25-23-30)43-46-44(48-45(47-43)37-19-11-18-36-35-17-8-10-21-41(35)50-42(36)37)32-26-27-40-38(28-32)34-16-7-9-20-39(34)49(40)33-14-5-2-6-15-33/h1-28H/i2D,5D,6D,7D,9D,14D,15D,16D,20D,26D,27D,28D. The predicted molar refractivity (Wildman–Crippen MR) is 203 cm³/mol. The normalized spacial score (nSPS) is 15.0. The second kappa shape index (κ2) is 11.4. The summed E-state index contributed by atoms with van der Waals surface area (Å²) in [5.41, 5.74) is 2.61. The summed E-state index contributed by atoms with van der Waals surface area (Å²) < 4.78 is 114. The van der Waals surface area contributed by atoms with Gasteiger partial charge in [-0.15, -0.1) is 0 Å². The first-order valence-corrected chi connectivity index (χ1v) is 15.7. The smallest absolute Gasteiger partial charge is 0.167 e. The van der Waals surface area contributed by atoms with E-state index in [0.29, 0.717) is 22.3 Å². The summed E-state index contributed by atoms with van der Waals surface area (Å²) >= 11 is 0. The highest BCUT2D eigenvalue weighted by Crippen LogP contribution is 2.38. The molecule has 0 atom stereocenters. The number of hydrogen-bond donors (Lipinski definition) is 0. The number of furan rings is 1. The Kier molecular flexibility index (Phi) is 4.24. The van der Waals surface area contributed by atoms with Gasteiger partial charge in [-0.25, -0.2) is 15.0 Å². The molecule has 5 heteroatoms. The highest BCUT2D eigenvalue weighted by Gasteiger charge is 2.19. The molecule has 5 nitrogen and oxygen atoms in total. The molecule has 234 valence electrons. The monoisotopic (exact) mass is 652 g/mol. The zero-order chi connectivity index (χ0) is 43.5. The van der Waals surface area contributed by atoms with Crippen LogP contribution in [-0.4, -0.2) is 19.5 Å². The van der Waals surface area contributed by atoms with Crippen LogP contribution < -0.4 is 0 Å². The van der Waals surface area contributed by atoms with Gasteiger partial charge < -0.3 is 8.98 Å². The van der Waals surface area contributed by atoms with E-state index in [0.717, 1.165) is 26.5 Å². The molecule has 0 aliphatic carbocycles. The van der Waals surface area contributed by atoms with Crippen molar-refractivity contribution in [3.63, 3.8) is 0 Å². The van der Waals surface area contributed by atoms with Crippen molar-refractivity contribution in [2.45, 2.75) is 0 Å². The molecule has 3 heterocycles. The molecule has 7 aromatic carbocycles. The van der Waals surface area contributed by atoms with Gasteiger partial charge in [0.05, 0.1) is 33.0 Å². The van der Waals surface area contributed by atoms with Gasteiger partial charge in [-0.05, 0) is 59.5 Å². The van der Waals surface area contributed by atoms with Gasteiger partial charge in [0.25, 0.3) is 0 Å². The van der Waals surface area contributed by atoms with Crippen LogP contribution in [0.5, 0.6) is 0 Å². The lowest BCUT2D eigenvalue weighted by Crippen LogP contribution is -2.00. The Bertz CT molecular complexity index is 3520. The maximum absolute atomic E-state index is 9.78. The van der Waals surface area contributed by atoms with Crippen LogP contribution in [0.15, 0.2) is 174 Å². The molecule has 0 saturated carbocycles. The summed E-state index contributed by atoms with van der Waals surface area (Å²) in [6.07, 6.45) is 0. The molecule has 10 rings (SSSR count). The summed E-state index contributed by atoms with van der Waals surface area (Å²) in [4.78, 5) is 14.5. The molecule has 0 radical (unpaired) electrons. The van der Waals surface area contributed by atoms with E-state index >= 15 is 0 Å². The fraction of sp³-hybridized carbons (Fsp3) is 0. The van der Waals surface area contributed by atoms with Crippen LogP contribution in [0.1, 0.15) is 16.4 Å². The lowest BCUT2D eigenvalue weighted by Gasteiger charge is -2.10. The third-order valence-corrected chi connectivity index (χ3v) is 8.62. The summed E-state index contributed by atoms with van der Waals surface area (Å²) in [6.45, 7) is 0. The number of aromatic nitrogens is 4. The molecule has 0 unspecified atom stereocenters. The Morgan fingerprint density at radius 1 is 0.460 bits per heavy atom. The van der Waals surface area contributed by atoms with Gasteiger partial charge in [0.15, 0.2) is 17.5 Å². The van der Waals surface area contributed by atoms with Crippen LogP contribution in [0.4, 0.5) is 0 Å². The molecule has 0 amide bonds. The number of para-hydroxylation sites is 4. The lowest BCUT2D eigenvalue weighted by atomic mass is 10.0. The van der Waals surface area contributed by atoms with Gasteiger partial charge in [-0.2, -0.15) is 0 Å². The maximum Gasteiger partial charge on any atom is 0.167 e. The fourth-order valence-electron chi connectivity index (χ4n) is 6.31. The zero-order valence-corrected chi connectivity index (χ0v) is 25.9. The molecule has 0 saturated heterocycles.